The number of nitrogens with one attached hydrogen (secondary N) is 3. The number of hydrogen-bond donors (Lipinski definition) is 3. The van der Waals surface area contributed by atoms with Gasteiger partial charge in [0.05, 0.1) is 0 Å². The number of carbonyl (C=O) groups excluding carboxylic acids is 3. The number of esters is 1. The van der Waals surface area contributed by atoms with E-state index in [1.54, 1.807) is 0 Å². The molecule has 2 aromatic rings. The lowest BCUT2D eigenvalue weighted by Gasteiger charge is -2.17. The second kappa shape index (κ2) is 10.6. The SMILES string of the molecule is CC(=O)N[C@@H](Cc1c[nH]c2ccccc12)C(=O)OCC(=O)NCCC1=CCCCC1. The van der Waals surface area contributed by atoms with Crippen molar-refractivity contribution in [3.63, 3.8) is 0 Å². The molecule has 1 aliphatic rings. The Hall–Kier alpha value is -3.09. The van der Waals surface area contributed by atoms with Crippen LogP contribution in [0.1, 0.15) is 44.6 Å². The fourth-order valence-corrected chi connectivity index (χ4v) is 3.74. The number of rotatable bonds is 9. The van der Waals surface area contributed by atoms with Gasteiger partial charge in [0.1, 0.15) is 6.04 Å². The molecule has 1 aliphatic carbocycles. The highest BCUT2D eigenvalue weighted by molar-refractivity contribution is 5.88. The molecule has 0 saturated carbocycles. The zero-order valence-electron chi connectivity index (χ0n) is 17.3. The van der Waals surface area contributed by atoms with E-state index in [0.29, 0.717) is 6.54 Å². The van der Waals surface area contributed by atoms with Crippen LogP contribution in [0.25, 0.3) is 10.9 Å². The van der Waals surface area contributed by atoms with E-state index in [2.05, 4.69) is 21.7 Å². The fraction of sp³-hybridized carbons (Fsp3) is 0.435. The lowest BCUT2D eigenvalue weighted by atomic mass is 9.97. The maximum absolute atomic E-state index is 12.5. The van der Waals surface area contributed by atoms with Crippen molar-refractivity contribution in [2.75, 3.05) is 13.2 Å². The van der Waals surface area contributed by atoms with Crippen molar-refractivity contribution in [1.29, 1.82) is 0 Å². The molecule has 3 N–H and O–H groups in total. The Balaban J connectivity index is 1.50. The van der Waals surface area contributed by atoms with E-state index in [9.17, 15) is 14.4 Å². The van der Waals surface area contributed by atoms with Crippen LogP contribution in [-0.4, -0.2) is 42.0 Å². The third-order valence-corrected chi connectivity index (χ3v) is 5.26. The molecule has 7 heteroatoms. The third kappa shape index (κ3) is 6.20. The van der Waals surface area contributed by atoms with Crippen LogP contribution >= 0.6 is 0 Å². The average molecular weight is 412 g/mol. The van der Waals surface area contributed by atoms with Crippen molar-refractivity contribution in [3.05, 3.63) is 47.7 Å². The van der Waals surface area contributed by atoms with E-state index < -0.39 is 12.0 Å². The summed E-state index contributed by atoms with van der Waals surface area (Å²) in [7, 11) is 0. The average Bonchev–Trinajstić information content (AvgIpc) is 3.15. The summed E-state index contributed by atoms with van der Waals surface area (Å²) < 4.78 is 5.18. The lowest BCUT2D eigenvalue weighted by molar-refractivity contribution is -0.151. The summed E-state index contributed by atoms with van der Waals surface area (Å²) in [4.78, 5) is 39.3. The normalized spacial score (nSPS) is 14.6. The second-order valence-corrected chi connectivity index (χ2v) is 7.63. The lowest BCUT2D eigenvalue weighted by Crippen LogP contribution is -2.43. The molecule has 0 fully saturated rings. The van der Waals surface area contributed by atoms with Gasteiger partial charge in [-0.05, 0) is 43.7 Å². The van der Waals surface area contributed by atoms with Crippen molar-refractivity contribution in [3.8, 4) is 0 Å². The van der Waals surface area contributed by atoms with Gasteiger partial charge in [-0.15, -0.1) is 0 Å². The molecule has 30 heavy (non-hydrogen) atoms. The molecule has 0 unspecified atom stereocenters. The maximum atomic E-state index is 12.5. The molecule has 1 aromatic carbocycles. The summed E-state index contributed by atoms with van der Waals surface area (Å²) in [5.41, 5.74) is 3.23. The van der Waals surface area contributed by atoms with E-state index in [-0.39, 0.29) is 24.8 Å². The Kier molecular flexibility index (Phi) is 7.65. The standard InChI is InChI=1S/C23H29N3O4/c1-16(27)26-21(13-18-14-25-20-10-6-5-9-19(18)20)23(29)30-15-22(28)24-12-11-17-7-3-2-4-8-17/h5-7,9-10,14,21,25H,2-4,8,11-13,15H2,1H3,(H,24,28)(H,26,27)/t21-/m0/s1. The molecule has 1 atom stereocenters. The number of benzene rings is 1. The van der Waals surface area contributed by atoms with E-state index in [0.717, 1.165) is 35.7 Å². The molecule has 1 heterocycles. The number of ether oxygens (including phenoxy) is 1. The molecule has 0 aliphatic heterocycles. The predicted octanol–water partition coefficient (Wildman–Crippen LogP) is 2.77. The van der Waals surface area contributed by atoms with Gasteiger partial charge in [0.25, 0.3) is 5.91 Å². The first-order chi connectivity index (χ1) is 14.5. The highest BCUT2D eigenvalue weighted by Gasteiger charge is 2.23. The number of aromatic nitrogens is 1. The summed E-state index contributed by atoms with van der Waals surface area (Å²) in [5.74, 6) is -1.30. The number of carbonyl (C=O) groups is 3. The Morgan fingerprint density at radius 3 is 2.80 bits per heavy atom. The molecule has 0 saturated heterocycles. The van der Waals surface area contributed by atoms with Crippen molar-refractivity contribution in [2.24, 2.45) is 0 Å². The minimum atomic E-state index is -0.859. The number of para-hydroxylation sites is 1. The smallest absolute Gasteiger partial charge is 0.329 e. The first-order valence-corrected chi connectivity index (χ1v) is 10.5. The zero-order valence-corrected chi connectivity index (χ0v) is 17.3. The molecule has 2 amide bonds. The molecule has 0 bridgehead atoms. The summed E-state index contributed by atoms with van der Waals surface area (Å²) in [5, 5.41) is 6.39. The molecule has 7 nitrogen and oxygen atoms in total. The molecule has 0 radical (unpaired) electrons. The van der Waals surface area contributed by atoms with Gasteiger partial charge in [0, 0.05) is 37.0 Å². The van der Waals surface area contributed by atoms with Crippen LogP contribution in [-0.2, 0) is 25.5 Å². The Morgan fingerprint density at radius 2 is 2.03 bits per heavy atom. The molecule has 160 valence electrons. The molecule has 3 rings (SSSR count). The largest absolute Gasteiger partial charge is 0.454 e. The number of hydrogen-bond acceptors (Lipinski definition) is 4. The third-order valence-electron chi connectivity index (χ3n) is 5.26. The summed E-state index contributed by atoms with van der Waals surface area (Å²) in [6, 6.07) is 6.87. The van der Waals surface area contributed by atoms with Crippen LogP contribution in [0, 0.1) is 0 Å². The summed E-state index contributed by atoms with van der Waals surface area (Å²) >= 11 is 0. The quantitative estimate of drug-likeness (QED) is 0.436. The Labute approximate surface area is 176 Å². The van der Waals surface area contributed by atoms with Gasteiger partial charge in [0.2, 0.25) is 5.91 Å². The van der Waals surface area contributed by atoms with Crippen LogP contribution < -0.4 is 10.6 Å². The van der Waals surface area contributed by atoms with Gasteiger partial charge in [-0.1, -0.05) is 29.8 Å². The predicted molar refractivity (Wildman–Crippen MR) is 115 cm³/mol. The number of aromatic amines is 1. The maximum Gasteiger partial charge on any atom is 0.329 e. The monoisotopic (exact) mass is 411 g/mol. The molecular formula is C23H29N3O4. The van der Waals surface area contributed by atoms with Crippen molar-refractivity contribution >= 4 is 28.7 Å². The topological polar surface area (TPSA) is 100 Å². The highest BCUT2D eigenvalue weighted by atomic mass is 16.5. The van der Waals surface area contributed by atoms with Crippen molar-refractivity contribution in [1.82, 2.24) is 15.6 Å². The first-order valence-electron chi connectivity index (χ1n) is 10.5. The Morgan fingerprint density at radius 1 is 1.20 bits per heavy atom. The Bertz CT molecular complexity index is 931. The van der Waals surface area contributed by atoms with Gasteiger partial charge in [0.15, 0.2) is 6.61 Å². The number of amides is 2. The minimum absolute atomic E-state index is 0.276. The van der Waals surface area contributed by atoms with Gasteiger partial charge in [-0.25, -0.2) is 4.79 Å². The second-order valence-electron chi connectivity index (χ2n) is 7.63. The van der Waals surface area contributed by atoms with Gasteiger partial charge >= 0.3 is 5.97 Å². The van der Waals surface area contributed by atoms with Crippen molar-refractivity contribution in [2.45, 2.75) is 51.5 Å². The number of H-pyrrole nitrogens is 1. The minimum Gasteiger partial charge on any atom is -0.454 e. The highest BCUT2D eigenvalue weighted by Crippen LogP contribution is 2.20. The number of fused-ring (bicyclic) bond motifs is 1. The van der Waals surface area contributed by atoms with Crippen LogP contribution in [0.2, 0.25) is 0 Å². The summed E-state index contributed by atoms with van der Waals surface area (Å²) in [6.45, 7) is 1.52. The molecule has 1 aromatic heterocycles. The first kappa shape index (κ1) is 21.6. The van der Waals surface area contributed by atoms with Crippen LogP contribution in [0.4, 0.5) is 0 Å². The van der Waals surface area contributed by atoms with E-state index in [1.807, 2.05) is 30.5 Å². The van der Waals surface area contributed by atoms with Crippen LogP contribution in [0.5, 0.6) is 0 Å². The zero-order chi connectivity index (χ0) is 21.3. The fourth-order valence-electron chi connectivity index (χ4n) is 3.74. The van der Waals surface area contributed by atoms with Crippen LogP contribution in [0.15, 0.2) is 42.1 Å². The van der Waals surface area contributed by atoms with Crippen LogP contribution in [0.3, 0.4) is 0 Å². The summed E-state index contributed by atoms with van der Waals surface area (Å²) in [6.07, 6.45) is 9.82. The van der Waals surface area contributed by atoms with Crippen molar-refractivity contribution < 1.29 is 19.1 Å². The van der Waals surface area contributed by atoms with Gasteiger partial charge in [-0.3, -0.25) is 9.59 Å². The number of allylic oxidation sites excluding steroid dienone is 1. The van der Waals surface area contributed by atoms with Gasteiger partial charge in [-0.2, -0.15) is 0 Å². The van der Waals surface area contributed by atoms with E-state index in [1.165, 1.54) is 25.3 Å². The van der Waals surface area contributed by atoms with E-state index in [4.69, 9.17) is 4.74 Å². The molecular weight excluding hydrogens is 382 g/mol. The molecule has 0 spiro atoms. The van der Waals surface area contributed by atoms with Gasteiger partial charge < -0.3 is 20.4 Å². The van der Waals surface area contributed by atoms with E-state index >= 15 is 0 Å².